The molecule has 1 aromatic heterocycles. The van der Waals surface area contributed by atoms with Crippen molar-refractivity contribution in [3.63, 3.8) is 0 Å². The molecule has 0 bridgehead atoms. The monoisotopic (exact) mass is 644 g/mol. The van der Waals surface area contributed by atoms with Crippen molar-refractivity contribution in [2.45, 2.75) is 78.3 Å². The van der Waals surface area contributed by atoms with E-state index in [0.717, 1.165) is 41.0 Å². The van der Waals surface area contributed by atoms with E-state index in [1.807, 2.05) is 44.2 Å². The molecule has 1 spiro atoms. The predicted molar refractivity (Wildman–Crippen MR) is 181 cm³/mol. The summed E-state index contributed by atoms with van der Waals surface area (Å²) in [6.07, 6.45) is 2.88. The minimum Gasteiger partial charge on any atom is -0.381 e. The molecule has 2 N–H and O–H groups in total. The number of amides is 2. The van der Waals surface area contributed by atoms with E-state index in [4.69, 9.17) is 9.47 Å². The highest BCUT2D eigenvalue weighted by Crippen LogP contribution is 2.49. The van der Waals surface area contributed by atoms with E-state index in [1.54, 1.807) is 18.7 Å². The predicted octanol–water partition coefficient (Wildman–Crippen LogP) is 5.46. The smallest absolute Gasteiger partial charge is 0.254 e. The average molecular weight is 645 g/mol. The summed E-state index contributed by atoms with van der Waals surface area (Å²) in [4.78, 5) is 47.2. The fourth-order valence-electron chi connectivity index (χ4n) is 7.82. The van der Waals surface area contributed by atoms with E-state index in [0.29, 0.717) is 74.6 Å². The number of ether oxygens (including phenoxy) is 2. The number of aromatic amines is 1. The molecule has 6 rings (SSSR count). The number of carbonyl (C=O) groups is 2. The number of anilines is 2. The summed E-state index contributed by atoms with van der Waals surface area (Å²) in [5.74, 6) is -1.15. The number of hydrogen-bond acceptors (Lipinski definition) is 6. The summed E-state index contributed by atoms with van der Waals surface area (Å²) >= 11 is 0. The Morgan fingerprint density at radius 3 is 2.40 bits per heavy atom. The van der Waals surface area contributed by atoms with E-state index >= 15 is 4.39 Å². The van der Waals surface area contributed by atoms with Gasteiger partial charge in [0.15, 0.2) is 0 Å². The van der Waals surface area contributed by atoms with Crippen molar-refractivity contribution in [3.05, 3.63) is 80.0 Å². The van der Waals surface area contributed by atoms with Crippen LogP contribution in [0.3, 0.4) is 0 Å². The van der Waals surface area contributed by atoms with Gasteiger partial charge in [0.2, 0.25) is 5.91 Å². The zero-order valence-corrected chi connectivity index (χ0v) is 28.1. The van der Waals surface area contributed by atoms with Crippen molar-refractivity contribution < 1.29 is 23.5 Å². The maximum Gasteiger partial charge on any atom is 0.254 e. The number of H-pyrrole nitrogens is 1. The molecule has 2 saturated heterocycles. The van der Waals surface area contributed by atoms with Crippen LogP contribution in [0.4, 0.5) is 15.8 Å². The minimum atomic E-state index is -0.630. The van der Waals surface area contributed by atoms with Crippen molar-refractivity contribution in [2.75, 3.05) is 49.3 Å². The van der Waals surface area contributed by atoms with Gasteiger partial charge in [-0.2, -0.15) is 0 Å². The van der Waals surface area contributed by atoms with Crippen LogP contribution in [0.2, 0.25) is 0 Å². The van der Waals surface area contributed by atoms with Crippen LogP contribution in [0.25, 0.3) is 11.1 Å². The fourth-order valence-corrected chi connectivity index (χ4v) is 7.82. The summed E-state index contributed by atoms with van der Waals surface area (Å²) in [7, 11) is 0. The third-order valence-corrected chi connectivity index (χ3v) is 10.4. The van der Waals surface area contributed by atoms with Gasteiger partial charge in [0.25, 0.3) is 11.5 Å². The Kier molecular flexibility index (Phi) is 9.27. The van der Waals surface area contributed by atoms with Crippen molar-refractivity contribution in [2.24, 2.45) is 0 Å². The second-order valence-electron chi connectivity index (χ2n) is 13.0. The van der Waals surface area contributed by atoms with Crippen LogP contribution in [-0.4, -0.2) is 62.4 Å². The largest absolute Gasteiger partial charge is 0.381 e. The number of pyridine rings is 1. The molecule has 0 radical (unpaired) electrons. The molecule has 2 fully saturated rings. The number of likely N-dealkylation sites (N-methyl/N-ethyl adjacent to an activating group) is 1. The molecule has 3 aromatic rings. The van der Waals surface area contributed by atoms with Gasteiger partial charge in [-0.1, -0.05) is 12.1 Å². The van der Waals surface area contributed by atoms with Crippen molar-refractivity contribution in [1.29, 1.82) is 0 Å². The highest BCUT2D eigenvalue weighted by atomic mass is 19.1. The number of halogens is 1. The lowest BCUT2D eigenvalue weighted by molar-refractivity contribution is -0.126. The molecule has 47 heavy (non-hydrogen) atoms. The average Bonchev–Trinajstić information content (AvgIpc) is 3.28. The highest BCUT2D eigenvalue weighted by Gasteiger charge is 2.51. The molecule has 4 heterocycles. The Balaban J connectivity index is 1.46. The number of benzene rings is 2. The standard InChI is InChI=1S/C37H45FN4O5/c1-6-41(26-10-14-46-15-11-26)30-20-27(25-8-9-29-31(19-25)42(7-2)36(45)37(29)12-16-47-17-13-37)33(38)32(24(30)5)35(44)39-21-28-22(3)18-23(4)40-34(28)43/h8-9,18-20,26H,6-7,10-17,21H2,1-5H3,(H,39,44)(H,40,43). The molecule has 9 nitrogen and oxygen atoms in total. The Labute approximate surface area is 275 Å². The first kappa shape index (κ1) is 32.9. The van der Waals surface area contributed by atoms with Crippen molar-refractivity contribution in [1.82, 2.24) is 10.3 Å². The Bertz CT molecular complexity index is 1760. The quantitative estimate of drug-likeness (QED) is 0.338. The van der Waals surface area contributed by atoms with Crippen LogP contribution in [0.5, 0.6) is 0 Å². The number of nitrogens with one attached hydrogen (secondary N) is 2. The summed E-state index contributed by atoms with van der Waals surface area (Å²) < 4.78 is 28.1. The lowest BCUT2D eigenvalue weighted by atomic mass is 9.75. The zero-order chi connectivity index (χ0) is 33.5. The van der Waals surface area contributed by atoms with E-state index in [9.17, 15) is 14.4 Å². The second-order valence-corrected chi connectivity index (χ2v) is 13.0. The lowest BCUT2D eigenvalue weighted by Crippen LogP contribution is -2.44. The van der Waals surface area contributed by atoms with Crippen LogP contribution >= 0.6 is 0 Å². The van der Waals surface area contributed by atoms with E-state index in [1.165, 1.54) is 0 Å². The maximum absolute atomic E-state index is 16.9. The van der Waals surface area contributed by atoms with Gasteiger partial charge in [-0.05, 0) is 101 Å². The molecular formula is C37H45FN4O5. The first-order chi connectivity index (χ1) is 22.6. The molecule has 0 aliphatic carbocycles. The van der Waals surface area contributed by atoms with Crippen LogP contribution in [0, 0.1) is 26.6 Å². The van der Waals surface area contributed by atoms with Gasteiger partial charge in [0, 0.05) is 80.3 Å². The van der Waals surface area contributed by atoms with Gasteiger partial charge >= 0.3 is 0 Å². The molecule has 250 valence electrons. The van der Waals surface area contributed by atoms with E-state index in [2.05, 4.69) is 22.1 Å². The number of aromatic nitrogens is 1. The number of aryl methyl sites for hydroxylation is 2. The Morgan fingerprint density at radius 2 is 1.74 bits per heavy atom. The highest BCUT2D eigenvalue weighted by molar-refractivity contribution is 6.09. The molecule has 3 aliphatic heterocycles. The molecular weight excluding hydrogens is 599 g/mol. The Hall–Kier alpha value is -4.02. The van der Waals surface area contributed by atoms with Gasteiger partial charge in [0.05, 0.1) is 11.0 Å². The fraction of sp³-hybridized carbons (Fsp3) is 0.486. The number of fused-ring (bicyclic) bond motifs is 2. The minimum absolute atomic E-state index is 0.0333. The SMILES string of the molecule is CCN1C(=O)C2(CCOCC2)c2ccc(-c3cc(N(CC)C4CCOCC4)c(C)c(C(=O)NCc4c(C)cc(C)[nH]c4=O)c3F)cc21. The first-order valence-electron chi connectivity index (χ1n) is 16.8. The summed E-state index contributed by atoms with van der Waals surface area (Å²) in [6, 6.07) is 9.63. The Morgan fingerprint density at radius 1 is 1.04 bits per heavy atom. The molecule has 10 heteroatoms. The molecule has 0 unspecified atom stereocenters. The van der Waals surface area contributed by atoms with Crippen molar-refractivity contribution >= 4 is 23.2 Å². The third kappa shape index (κ3) is 5.75. The summed E-state index contributed by atoms with van der Waals surface area (Å²) in [5.41, 5.74) is 4.93. The van der Waals surface area contributed by atoms with Gasteiger partial charge in [-0.25, -0.2) is 4.39 Å². The number of nitrogens with zero attached hydrogens (tertiary/aromatic N) is 2. The number of rotatable bonds is 8. The van der Waals surface area contributed by atoms with Crippen LogP contribution in [0.1, 0.15) is 77.8 Å². The third-order valence-electron chi connectivity index (χ3n) is 10.4. The number of carbonyl (C=O) groups excluding carboxylic acids is 2. The molecule has 0 atom stereocenters. The topological polar surface area (TPSA) is 104 Å². The molecule has 2 amide bonds. The molecule has 2 aromatic carbocycles. The van der Waals surface area contributed by atoms with Crippen LogP contribution in [-0.2, 0) is 26.2 Å². The van der Waals surface area contributed by atoms with Gasteiger partial charge in [0.1, 0.15) is 5.82 Å². The van der Waals surface area contributed by atoms with Crippen molar-refractivity contribution in [3.8, 4) is 11.1 Å². The van der Waals surface area contributed by atoms with Crippen LogP contribution < -0.4 is 20.7 Å². The summed E-state index contributed by atoms with van der Waals surface area (Å²) in [5, 5.41) is 2.84. The number of hydrogen-bond donors (Lipinski definition) is 2. The second kappa shape index (κ2) is 13.2. The zero-order valence-electron chi connectivity index (χ0n) is 28.1. The van der Waals surface area contributed by atoms with Gasteiger partial charge < -0.3 is 29.6 Å². The van der Waals surface area contributed by atoms with E-state index in [-0.39, 0.29) is 29.6 Å². The maximum atomic E-state index is 16.9. The normalized spacial score (nSPS) is 17.7. The lowest BCUT2D eigenvalue weighted by Gasteiger charge is -2.37. The summed E-state index contributed by atoms with van der Waals surface area (Å²) in [6.45, 7) is 12.9. The van der Waals surface area contributed by atoms with E-state index < -0.39 is 17.1 Å². The van der Waals surface area contributed by atoms with Gasteiger partial charge in [-0.3, -0.25) is 14.4 Å². The van der Waals surface area contributed by atoms with Crippen LogP contribution in [0.15, 0.2) is 35.1 Å². The molecule has 3 aliphatic rings. The first-order valence-corrected chi connectivity index (χ1v) is 16.8. The molecule has 0 saturated carbocycles. The van der Waals surface area contributed by atoms with Gasteiger partial charge in [-0.15, -0.1) is 0 Å².